The van der Waals surface area contributed by atoms with E-state index in [1.807, 2.05) is 44.2 Å². The second-order valence-corrected chi connectivity index (χ2v) is 4.67. The number of carboxylic acid groups (broad SMARTS) is 1. The van der Waals surface area contributed by atoms with E-state index in [1.54, 1.807) is 0 Å². The Morgan fingerprint density at radius 2 is 1.83 bits per heavy atom. The topological polar surface area (TPSA) is 69.6 Å². The number of hydrogen-bond acceptors (Lipinski definition) is 2. The summed E-state index contributed by atoms with van der Waals surface area (Å²) in [6.07, 6.45) is 0. The second kappa shape index (κ2) is 5.53. The summed E-state index contributed by atoms with van der Waals surface area (Å²) in [4.78, 5) is 23.5. The van der Waals surface area contributed by atoms with Crippen molar-refractivity contribution in [3.05, 3.63) is 35.9 Å². The van der Waals surface area contributed by atoms with E-state index in [1.165, 1.54) is 7.05 Å². The van der Waals surface area contributed by atoms with Gasteiger partial charge in [0.25, 0.3) is 0 Å². The number of benzene rings is 1. The molecule has 0 bridgehead atoms. The van der Waals surface area contributed by atoms with Gasteiger partial charge in [0.15, 0.2) is 0 Å². The largest absolute Gasteiger partial charge is 0.480 e. The Bertz CT molecular complexity index is 429. The molecule has 0 aliphatic heterocycles. The van der Waals surface area contributed by atoms with Crippen LogP contribution in [0.1, 0.15) is 19.4 Å². The fraction of sp³-hybridized carbons (Fsp3) is 0.385. The highest BCUT2D eigenvalue weighted by Crippen LogP contribution is 2.19. The third kappa shape index (κ3) is 3.76. The van der Waals surface area contributed by atoms with Gasteiger partial charge in [0.1, 0.15) is 6.54 Å². The summed E-state index contributed by atoms with van der Waals surface area (Å²) in [7, 11) is 1.45. The normalized spacial score (nSPS) is 10.8. The molecule has 0 radical (unpaired) electrons. The molecule has 18 heavy (non-hydrogen) atoms. The van der Waals surface area contributed by atoms with E-state index in [0.717, 1.165) is 10.5 Å². The van der Waals surface area contributed by atoms with E-state index < -0.39 is 17.5 Å². The van der Waals surface area contributed by atoms with Gasteiger partial charge in [-0.05, 0) is 19.4 Å². The molecule has 0 spiro atoms. The molecule has 5 heteroatoms. The minimum absolute atomic E-state index is 0.323. The Kier molecular flexibility index (Phi) is 4.31. The molecule has 98 valence electrons. The maximum Gasteiger partial charge on any atom is 0.323 e. The van der Waals surface area contributed by atoms with Gasteiger partial charge in [0.2, 0.25) is 0 Å². The Labute approximate surface area is 106 Å². The van der Waals surface area contributed by atoms with Crippen LogP contribution in [0.3, 0.4) is 0 Å². The lowest BCUT2D eigenvalue weighted by atomic mass is 9.94. The molecule has 1 rings (SSSR count). The van der Waals surface area contributed by atoms with Crippen molar-refractivity contribution >= 4 is 12.0 Å². The lowest BCUT2D eigenvalue weighted by Crippen LogP contribution is -2.48. The molecule has 5 nitrogen and oxygen atoms in total. The predicted octanol–water partition coefficient (Wildman–Crippen LogP) is 1.65. The first-order valence-electron chi connectivity index (χ1n) is 5.63. The standard InChI is InChI=1S/C13H18N2O3/c1-13(2,10-7-5-4-6-8-10)14-12(18)15(3)9-11(16)17/h4-8H,9H2,1-3H3,(H,14,18)(H,16,17). The van der Waals surface area contributed by atoms with Crippen LogP contribution in [0, 0.1) is 0 Å². The van der Waals surface area contributed by atoms with Gasteiger partial charge in [-0.25, -0.2) is 4.79 Å². The van der Waals surface area contributed by atoms with Crippen LogP contribution in [0.15, 0.2) is 30.3 Å². The molecule has 2 amide bonds. The van der Waals surface area contributed by atoms with Crippen LogP contribution in [-0.4, -0.2) is 35.6 Å². The van der Waals surface area contributed by atoms with Gasteiger partial charge < -0.3 is 15.3 Å². The SMILES string of the molecule is CN(CC(=O)O)C(=O)NC(C)(C)c1ccccc1. The third-order valence-electron chi connectivity index (χ3n) is 2.63. The van der Waals surface area contributed by atoms with E-state index >= 15 is 0 Å². The molecule has 0 saturated carbocycles. The van der Waals surface area contributed by atoms with Crippen molar-refractivity contribution in [2.24, 2.45) is 0 Å². The summed E-state index contributed by atoms with van der Waals surface area (Å²) < 4.78 is 0. The monoisotopic (exact) mass is 250 g/mol. The van der Waals surface area contributed by atoms with Gasteiger partial charge in [-0.3, -0.25) is 4.79 Å². The number of carboxylic acids is 1. The fourth-order valence-electron chi connectivity index (χ4n) is 1.56. The number of carbonyl (C=O) groups excluding carboxylic acids is 1. The molecule has 1 aromatic carbocycles. The number of rotatable bonds is 4. The molecular weight excluding hydrogens is 232 g/mol. The number of amides is 2. The maximum absolute atomic E-state index is 11.8. The molecule has 0 heterocycles. The smallest absolute Gasteiger partial charge is 0.323 e. The van der Waals surface area contributed by atoms with Gasteiger partial charge >= 0.3 is 12.0 Å². The van der Waals surface area contributed by atoms with E-state index in [9.17, 15) is 9.59 Å². The van der Waals surface area contributed by atoms with Crippen LogP contribution in [0.2, 0.25) is 0 Å². The molecule has 0 unspecified atom stereocenters. The van der Waals surface area contributed by atoms with Crippen molar-refractivity contribution in [1.29, 1.82) is 0 Å². The van der Waals surface area contributed by atoms with Crippen molar-refractivity contribution in [3.63, 3.8) is 0 Å². The van der Waals surface area contributed by atoms with Gasteiger partial charge in [0, 0.05) is 7.05 Å². The number of carbonyl (C=O) groups is 2. The third-order valence-corrected chi connectivity index (χ3v) is 2.63. The number of nitrogens with one attached hydrogen (secondary N) is 1. The lowest BCUT2D eigenvalue weighted by Gasteiger charge is -2.29. The molecule has 0 atom stereocenters. The van der Waals surface area contributed by atoms with Crippen LogP contribution < -0.4 is 5.32 Å². The number of hydrogen-bond donors (Lipinski definition) is 2. The van der Waals surface area contributed by atoms with Crippen molar-refractivity contribution in [2.45, 2.75) is 19.4 Å². The molecular formula is C13H18N2O3. The van der Waals surface area contributed by atoms with Crippen LogP contribution in [-0.2, 0) is 10.3 Å². The zero-order valence-corrected chi connectivity index (χ0v) is 10.8. The van der Waals surface area contributed by atoms with Crippen LogP contribution in [0.5, 0.6) is 0 Å². The van der Waals surface area contributed by atoms with Gasteiger partial charge in [0.05, 0.1) is 5.54 Å². The number of likely N-dealkylation sites (N-methyl/N-ethyl adjacent to an activating group) is 1. The lowest BCUT2D eigenvalue weighted by molar-refractivity contribution is -0.137. The molecule has 0 aliphatic rings. The first-order chi connectivity index (χ1) is 8.33. The zero-order chi connectivity index (χ0) is 13.8. The Morgan fingerprint density at radius 3 is 2.33 bits per heavy atom. The quantitative estimate of drug-likeness (QED) is 0.853. The zero-order valence-electron chi connectivity index (χ0n) is 10.8. The average Bonchev–Trinajstić information content (AvgIpc) is 2.28. The Hall–Kier alpha value is -2.04. The molecule has 0 aliphatic carbocycles. The van der Waals surface area contributed by atoms with E-state index in [2.05, 4.69) is 5.32 Å². The van der Waals surface area contributed by atoms with Crippen LogP contribution >= 0.6 is 0 Å². The summed E-state index contributed by atoms with van der Waals surface area (Å²) in [6, 6.07) is 9.10. The van der Waals surface area contributed by atoms with E-state index in [0.29, 0.717) is 0 Å². The van der Waals surface area contributed by atoms with Crippen molar-refractivity contribution in [1.82, 2.24) is 10.2 Å². The molecule has 2 N–H and O–H groups in total. The first kappa shape index (κ1) is 14.0. The van der Waals surface area contributed by atoms with Crippen LogP contribution in [0.4, 0.5) is 4.79 Å². The van der Waals surface area contributed by atoms with Crippen LogP contribution in [0.25, 0.3) is 0 Å². The van der Waals surface area contributed by atoms with Gasteiger partial charge in [-0.1, -0.05) is 30.3 Å². The van der Waals surface area contributed by atoms with E-state index in [-0.39, 0.29) is 6.54 Å². The fourth-order valence-corrected chi connectivity index (χ4v) is 1.56. The molecule has 0 fully saturated rings. The minimum Gasteiger partial charge on any atom is -0.480 e. The molecule has 1 aromatic rings. The highest BCUT2D eigenvalue weighted by Gasteiger charge is 2.24. The Balaban J connectivity index is 2.71. The predicted molar refractivity (Wildman–Crippen MR) is 68.3 cm³/mol. The van der Waals surface area contributed by atoms with Crippen molar-refractivity contribution < 1.29 is 14.7 Å². The summed E-state index contributed by atoms with van der Waals surface area (Å²) >= 11 is 0. The summed E-state index contributed by atoms with van der Waals surface area (Å²) in [5.74, 6) is -1.04. The van der Waals surface area contributed by atoms with Crippen molar-refractivity contribution in [2.75, 3.05) is 13.6 Å². The number of aliphatic carboxylic acids is 1. The molecule has 0 saturated heterocycles. The molecule has 0 aromatic heterocycles. The summed E-state index contributed by atoms with van der Waals surface area (Å²) in [5.41, 5.74) is 0.410. The minimum atomic E-state index is -1.04. The average molecular weight is 250 g/mol. The Morgan fingerprint density at radius 1 is 1.28 bits per heavy atom. The van der Waals surface area contributed by atoms with Crippen molar-refractivity contribution in [3.8, 4) is 0 Å². The number of urea groups is 1. The van der Waals surface area contributed by atoms with Gasteiger partial charge in [-0.15, -0.1) is 0 Å². The highest BCUT2D eigenvalue weighted by atomic mass is 16.4. The number of nitrogens with zero attached hydrogens (tertiary/aromatic N) is 1. The maximum atomic E-state index is 11.8. The highest BCUT2D eigenvalue weighted by molar-refractivity contribution is 5.80. The first-order valence-corrected chi connectivity index (χ1v) is 5.63. The summed E-state index contributed by atoms with van der Waals surface area (Å²) in [6.45, 7) is 3.42. The van der Waals surface area contributed by atoms with E-state index in [4.69, 9.17) is 5.11 Å². The van der Waals surface area contributed by atoms with Gasteiger partial charge in [-0.2, -0.15) is 0 Å². The second-order valence-electron chi connectivity index (χ2n) is 4.67. The summed E-state index contributed by atoms with van der Waals surface area (Å²) in [5, 5.41) is 11.4.